The minimum absolute atomic E-state index is 0.101. The van der Waals surface area contributed by atoms with Crippen LogP contribution in [0.4, 0.5) is 11.4 Å². The zero-order valence-electron chi connectivity index (χ0n) is 21.1. The van der Waals surface area contributed by atoms with Crippen LogP contribution >= 0.6 is 0 Å². The van der Waals surface area contributed by atoms with E-state index in [0.717, 1.165) is 85.6 Å². The molecule has 2 aliphatic heterocycles. The van der Waals surface area contributed by atoms with Crippen LogP contribution in [-0.4, -0.2) is 36.2 Å². The van der Waals surface area contributed by atoms with E-state index < -0.39 is 0 Å². The van der Waals surface area contributed by atoms with Crippen LogP contribution in [0.5, 0.6) is 0 Å². The molecule has 6 nitrogen and oxygen atoms in total. The molecule has 0 spiro atoms. The fourth-order valence-corrected chi connectivity index (χ4v) is 5.76. The lowest BCUT2D eigenvalue weighted by molar-refractivity contribution is -0.110. The van der Waals surface area contributed by atoms with Crippen LogP contribution in [0.2, 0.25) is 0 Å². The maximum absolute atomic E-state index is 13.1. The number of benzene rings is 2. The maximum atomic E-state index is 13.1. The van der Waals surface area contributed by atoms with Crippen molar-refractivity contribution in [2.24, 2.45) is 0 Å². The summed E-state index contributed by atoms with van der Waals surface area (Å²) in [5, 5.41) is 6.48. The lowest BCUT2D eigenvalue weighted by Gasteiger charge is -2.25. The number of likely N-dealkylation sites (tertiary alicyclic amines) is 1. The summed E-state index contributed by atoms with van der Waals surface area (Å²) in [6.45, 7) is 3.01. The molecule has 1 aliphatic carbocycles. The van der Waals surface area contributed by atoms with Crippen LogP contribution in [0.1, 0.15) is 70.7 Å². The minimum Gasteiger partial charge on any atom is -0.461 e. The first-order valence-electron chi connectivity index (χ1n) is 13.5. The first-order chi connectivity index (χ1) is 18.2. The fourth-order valence-electron chi connectivity index (χ4n) is 5.76. The number of Topliss-reactive ketones (excluding diaryl/α,β-unsaturated/α-hetero) is 1. The number of piperidine rings is 1. The van der Waals surface area contributed by atoms with Crippen molar-refractivity contribution in [3.05, 3.63) is 82.3 Å². The third-order valence-electron chi connectivity index (χ3n) is 7.77. The lowest BCUT2D eigenvalue weighted by atomic mass is 9.94. The van der Waals surface area contributed by atoms with Crippen LogP contribution in [0.15, 0.2) is 52.9 Å². The first kappa shape index (κ1) is 23.7. The van der Waals surface area contributed by atoms with Gasteiger partial charge in [0.1, 0.15) is 11.5 Å². The predicted octanol–water partition coefficient (Wildman–Crippen LogP) is 5.93. The Bertz CT molecular complexity index is 1350. The molecule has 3 heterocycles. The number of rotatable bonds is 7. The van der Waals surface area contributed by atoms with E-state index in [2.05, 4.69) is 15.5 Å². The molecule has 37 heavy (non-hydrogen) atoms. The number of amides is 1. The van der Waals surface area contributed by atoms with Gasteiger partial charge in [-0.15, -0.1) is 0 Å². The third-order valence-corrected chi connectivity index (χ3v) is 7.77. The lowest BCUT2D eigenvalue weighted by Crippen LogP contribution is -2.34. The second-order valence-electron chi connectivity index (χ2n) is 10.3. The molecular weight excluding hydrogens is 462 g/mol. The number of carbonyl (C=O) groups is 2. The van der Waals surface area contributed by atoms with Gasteiger partial charge in [0.15, 0.2) is 5.78 Å². The van der Waals surface area contributed by atoms with Crippen molar-refractivity contribution in [3.8, 4) is 0 Å². The van der Waals surface area contributed by atoms with E-state index in [-0.39, 0.29) is 11.7 Å². The largest absolute Gasteiger partial charge is 0.461 e. The summed E-state index contributed by atoms with van der Waals surface area (Å²) in [7, 11) is 0. The maximum Gasteiger partial charge on any atom is 0.256 e. The SMILES string of the molecule is O=C1Nc2ccc(C(=O)CN3CCCCC3)cc2C1=Cc1oc2c(c1CNc1ccccc1)CCCC2. The molecule has 3 aromatic rings. The van der Waals surface area contributed by atoms with E-state index in [0.29, 0.717) is 24.2 Å². The van der Waals surface area contributed by atoms with E-state index in [4.69, 9.17) is 4.42 Å². The highest BCUT2D eigenvalue weighted by Gasteiger charge is 2.28. The van der Waals surface area contributed by atoms with Gasteiger partial charge in [0.2, 0.25) is 0 Å². The first-order valence-corrected chi connectivity index (χ1v) is 13.5. The summed E-state index contributed by atoms with van der Waals surface area (Å²) in [5.74, 6) is 1.71. The average molecular weight is 496 g/mol. The highest BCUT2D eigenvalue weighted by molar-refractivity contribution is 6.35. The van der Waals surface area contributed by atoms with Gasteiger partial charge >= 0.3 is 0 Å². The number of carbonyl (C=O) groups excluding carboxylic acids is 2. The quantitative estimate of drug-likeness (QED) is 0.314. The smallest absolute Gasteiger partial charge is 0.256 e. The van der Waals surface area contributed by atoms with E-state index >= 15 is 0 Å². The second kappa shape index (κ2) is 10.4. The minimum atomic E-state index is -0.160. The molecule has 0 unspecified atom stereocenters. The van der Waals surface area contributed by atoms with Gasteiger partial charge in [0.25, 0.3) is 5.91 Å². The zero-order chi connectivity index (χ0) is 25.2. The molecule has 1 amide bonds. The van der Waals surface area contributed by atoms with E-state index in [1.54, 1.807) is 0 Å². The van der Waals surface area contributed by atoms with E-state index in [1.165, 1.54) is 12.0 Å². The van der Waals surface area contributed by atoms with Crippen LogP contribution in [0.25, 0.3) is 11.6 Å². The van der Waals surface area contributed by atoms with Gasteiger partial charge in [-0.3, -0.25) is 14.5 Å². The summed E-state index contributed by atoms with van der Waals surface area (Å²) in [6.07, 6.45) is 9.60. The van der Waals surface area contributed by atoms with Gasteiger partial charge in [-0.05, 0) is 87.2 Å². The predicted molar refractivity (Wildman–Crippen MR) is 147 cm³/mol. The zero-order valence-corrected chi connectivity index (χ0v) is 21.1. The highest BCUT2D eigenvalue weighted by Crippen LogP contribution is 2.37. The standard InChI is InChI=1S/C31H33N3O3/c35-28(20-34-15-7-2-8-16-34)21-13-14-27-24(17-21)25(31(36)33-27)18-30-26(19-32-22-9-3-1-4-10-22)23-11-5-6-12-29(23)37-30/h1,3-4,9-10,13-14,17-18,32H,2,5-8,11-12,15-16,19-20H2,(H,33,36). The van der Waals surface area contributed by atoms with Crippen LogP contribution in [-0.2, 0) is 24.2 Å². The summed E-state index contributed by atoms with van der Waals surface area (Å²) < 4.78 is 6.36. The number of nitrogens with one attached hydrogen (secondary N) is 2. The Morgan fingerprint density at radius 3 is 2.65 bits per heavy atom. The molecule has 6 heteroatoms. The number of fused-ring (bicyclic) bond motifs is 2. The highest BCUT2D eigenvalue weighted by atomic mass is 16.3. The van der Waals surface area contributed by atoms with Crippen molar-refractivity contribution in [3.63, 3.8) is 0 Å². The van der Waals surface area contributed by atoms with Gasteiger partial charge in [-0.25, -0.2) is 0 Å². The molecule has 0 atom stereocenters. The van der Waals surface area contributed by atoms with Crippen molar-refractivity contribution in [2.75, 3.05) is 30.3 Å². The van der Waals surface area contributed by atoms with Gasteiger partial charge in [-0.1, -0.05) is 24.6 Å². The molecule has 6 rings (SSSR count). The Morgan fingerprint density at radius 1 is 1.00 bits per heavy atom. The van der Waals surface area contributed by atoms with Gasteiger partial charge in [-0.2, -0.15) is 0 Å². The number of furan rings is 1. The third kappa shape index (κ3) is 4.98. The van der Waals surface area contributed by atoms with Gasteiger partial charge < -0.3 is 15.1 Å². The summed E-state index contributed by atoms with van der Waals surface area (Å²) in [4.78, 5) is 28.3. The number of nitrogens with zero attached hydrogens (tertiary/aromatic N) is 1. The molecule has 1 saturated heterocycles. The number of hydrogen-bond donors (Lipinski definition) is 2. The number of hydrogen-bond acceptors (Lipinski definition) is 5. The monoisotopic (exact) mass is 495 g/mol. The van der Waals surface area contributed by atoms with E-state index in [1.807, 2.05) is 54.6 Å². The number of anilines is 2. The molecule has 1 fully saturated rings. The Balaban J connectivity index is 1.31. The van der Waals surface area contributed by atoms with Gasteiger partial charge in [0, 0.05) is 41.0 Å². The Labute approximate surface area is 217 Å². The van der Waals surface area contributed by atoms with Crippen molar-refractivity contribution in [2.45, 2.75) is 51.5 Å². The molecule has 0 saturated carbocycles. The summed E-state index contributed by atoms with van der Waals surface area (Å²) >= 11 is 0. The topological polar surface area (TPSA) is 74.6 Å². The molecule has 2 aromatic carbocycles. The second-order valence-corrected chi connectivity index (χ2v) is 10.3. The number of aryl methyl sites for hydroxylation is 1. The normalized spacial score (nSPS) is 18.4. The van der Waals surface area contributed by atoms with Crippen molar-refractivity contribution < 1.29 is 14.0 Å². The summed E-state index contributed by atoms with van der Waals surface area (Å²) in [5.41, 5.74) is 6.14. The molecule has 3 aliphatic rings. The van der Waals surface area contributed by atoms with Crippen molar-refractivity contribution >= 4 is 34.7 Å². The molecule has 0 radical (unpaired) electrons. The van der Waals surface area contributed by atoms with Crippen LogP contribution in [0, 0.1) is 0 Å². The number of para-hydroxylation sites is 1. The molecular formula is C31H33N3O3. The van der Waals surface area contributed by atoms with Crippen molar-refractivity contribution in [1.29, 1.82) is 0 Å². The molecule has 0 bridgehead atoms. The van der Waals surface area contributed by atoms with Crippen LogP contribution < -0.4 is 10.6 Å². The van der Waals surface area contributed by atoms with Gasteiger partial charge in [0.05, 0.1) is 12.1 Å². The van der Waals surface area contributed by atoms with E-state index in [9.17, 15) is 9.59 Å². The molecule has 1 aromatic heterocycles. The van der Waals surface area contributed by atoms with Crippen molar-refractivity contribution in [1.82, 2.24) is 4.90 Å². The van der Waals surface area contributed by atoms with Crippen LogP contribution in [0.3, 0.4) is 0 Å². The molecule has 190 valence electrons. The summed E-state index contributed by atoms with van der Waals surface area (Å²) in [6, 6.07) is 15.7. The Morgan fingerprint density at radius 2 is 1.81 bits per heavy atom. The fraction of sp³-hybridized carbons (Fsp3) is 0.355. The average Bonchev–Trinajstić information content (AvgIpc) is 3.44. The molecule has 2 N–H and O–H groups in total. The Hall–Kier alpha value is -3.64. The number of ketones is 1. The Kier molecular flexibility index (Phi) is 6.66.